The monoisotopic (exact) mass is 267 g/mol. The van der Waals surface area contributed by atoms with Gasteiger partial charge in [0.15, 0.2) is 0 Å². The molecule has 2 aromatic rings. The van der Waals surface area contributed by atoms with E-state index in [9.17, 15) is 4.79 Å². The fourth-order valence-corrected chi connectivity index (χ4v) is 2.54. The highest BCUT2D eigenvalue weighted by atomic mass is 16.2. The van der Waals surface area contributed by atoms with Crippen molar-refractivity contribution in [3.05, 3.63) is 53.6 Å². The summed E-state index contributed by atoms with van der Waals surface area (Å²) in [6, 6.07) is 14.5. The van der Waals surface area contributed by atoms with Crippen LogP contribution in [0.15, 0.2) is 42.5 Å². The minimum atomic E-state index is 0.0818. The van der Waals surface area contributed by atoms with Crippen LogP contribution in [-0.2, 0) is 4.79 Å². The summed E-state index contributed by atoms with van der Waals surface area (Å²) < 4.78 is 0. The molecule has 0 saturated carbocycles. The Balaban J connectivity index is 2.70. The summed E-state index contributed by atoms with van der Waals surface area (Å²) >= 11 is 0. The molecular weight excluding hydrogens is 246 g/mol. The van der Waals surface area contributed by atoms with Crippen LogP contribution in [0.2, 0.25) is 0 Å². The Morgan fingerprint density at radius 2 is 1.70 bits per heavy atom. The highest BCUT2D eigenvalue weighted by Crippen LogP contribution is 2.35. The van der Waals surface area contributed by atoms with Gasteiger partial charge in [-0.25, -0.2) is 0 Å². The standard InChI is InChI=1S/C18H21NO/c1-5-19(15(4)20)18-14(3)13(2)11-12-17(18)16-9-7-6-8-10-16/h6-12H,5H2,1-4H3. The maximum Gasteiger partial charge on any atom is 0.223 e. The molecule has 0 radical (unpaired) electrons. The maximum atomic E-state index is 11.9. The minimum Gasteiger partial charge on any atom is -0.312 e. The second-order valence-electron chi connectivity index (χ2n) is 5.03. The molecule has 0 spiro atoms. The Kier molecular flexibility index (Phi) is 4.23. The SMILES string of the molecule is CCN(C(C)=O)c1c(-c2ccccc2)ccc(C)c1C. The molecule has 104 valence electrons. The quantitative estimate of drug-likeness (QED) is 0.810. The van der Waals surface area contributed by atoms with Crippen LogP contribution >= 0.6 is 0 Å². The Morgan fingerprint density at radius 3 is 2.25 bits per heavy atom. The Labute approximate surface area is 121 Å². The van der Waals surface area contributed by atoms with E-state index < -0.39 is 0 Å². The van der Waals surface area contributed by atoms with E-state index in [0.717, 1.165) is 16.8 Å². The first-order chi connectivity index (χ1) is 9.56. The highest BCUT2D eigenvalue weighted by molar-refractivity contribution is 5.97. The first-order valence-electron chi connectivity index (χ1n) is 7.00. The van der Waals surface area contributed by atoms with Crippen LogP contribution in [0.3, 0.4) is 0 Å². The number of anilines is 1. The van der Waals surface area contributed by atoms with E-state index in [1.165, 1.54) is 11.1 Å². The molecule has 2 nitrogen and oxygen atoms in total. The second kappa shape index (κ2) is 5.91. The minimum absolute atomic E-state index is 0.0818. The van der Waals surface area contributed by atoms with Crippen LogP contribution in [0.5, 0.6) is 0 Å². The van der Waals surface area contributed by atoms with Crippen molar-refractivity contribution in [2.24, 2.45) is 0 Å². The fraction of sp³-hybridized carbons (Fsp3) is 0.278. The molecule has 0 aromatic heterocycles. The lowest BCUT2D eigenvalue weighted by atomic mass is 9.96. The fourth-order valence-electron chi connectivity index (χ4n) is 2.54. The van der Waals surface area contributed by atoms with Crippen LogP contribution in [-0.4, -0.2) is 12.5 Å². The summed E-state index contributed by atoms with van der Waals surface area (Å²) in [6.07, 6.45) is 0. The van der Waals surface area contributed by atoms with Gasteiger partial charge in [0.25, 0.3) is 0 Å². The molecule has 2 rings (SSSR count). The van der Waals surface area contributed by atoms with Gasteiger partial charge in [-0.2, -0.15) is 0 Å². The lowest BCUT2D eigenvalue weighted by Gasteiger charge is -2.26. The van der Waals surface area contributed by atoms with Crippen LogP contribution in [0, 0.1) is 13.8 Å². The van der Waals surface area contributed by atoms with Gasteiger partial charge in [0.1, 0.15) is 0 Å². The zero-order chi connectivity index (χ0) is 14.7. The van der Waals surface area contributed by atoms with Gasteiger partial charge in [-0.3, -0.25) is 4.79 Å². The molecule has 20 heavy (non-hydrogen) atoms. The number of benzene rings is 2. The number of amides is 1. The molecule has 0 aliphatic rings. The third-order valence-electron chi connectivity index (χ3n) is 3.75. The molecule has 0 unspecified atom stereocenters. The first kappa shape index (κ1) is 14.3. The smallest absolute Gasteiger partial charge is 0.223 e. The number of nitrogens with zero attached hydrogens (tertiary/aromatic N) is 1. The predicted octanol–water partition coefficient (Wildman–Crippen LogP) is 4.34. The molecule has 0 aliphatic heterocycles. The van der Waals surface area contributed by atoms with E-state index in [1.54, 1.807) is 6.92 Å². The van der Waals surface area contributed by atoms with Crippen molar-refractivity contribution in [3.63, 3.8) is 0 Å². The summed E-state index contributed by atoms with van der Waals surface area (Å²) in [4.78, 5) is 13.8. The van der Waals surface area contributed by atoms with Crippen molar-refractivity contribution >= 4 is 11.6 Å². The number of carbonyl (C=O) groups excluding carboxylic acids is 1. The molecular formula is C18H21NO. The summed E-state index contributed by atoms with van der Waals surface area (Å²) in [5.74, 6) is 0.0818. The number of hydrogen-bond donors (Lipinski definition) is 0. The zero-order valence-electron chi connectivity index (χ0n) is 12.6. The van der Waals surface area contributed by atoms with Crippen LogP contribution in [0.1, 0.15) is 25.0 Å². The van der Waals surface area contributed by atoms with Crippen molar-refractivity contribution in [1.82, 2.24) is 0 Å². The average Bonchev–Trinajstić information content (AvgIpc) is 2.45. The number of hydrogen-bond acceptors (Lipinski definition) is 1. The van der Waals surface area contributed by atoms with Gasteiger partial charge >= 0.3 is 0 Å². The van der Waals surface area contributed by atoms with Crippen LogP contribution in [0.4, 0.5) is 5.69 Å². The van der Waals surface area contributed by atoms with Gasteiger partial charge in [0.05, 0.1) is 5.69 Å². The Bertz CT molecular complexity index is 617. The first-order valence-corrected chi connectivity index (χ1v) is 7.00. The molecule has 1 amide bonds. The van der Waals surface area contributed by atoms with E-state index in [-0.39, 0.29) is 5.91 Å². The molecule has 0 atom stereocenters. The van der Waals surface area contributed by atoms with Crippen molar-refractivity contribution in [3.8, 4) is 11.1 Å². The molecule has 0 heterocycles. The summed E-state index contributed by atoms with van der Waals surface area (Å²) in [7, 11) is 0. The topological polar surface area (TPSA) is 20.3 Å². The molecule has 2 aromatic carbocycles. The lowest BCUT2D eigenvalue weighted by molar-refractivity contribution is -0.116. The Morgan fingerprint density at radius 1 is 1.05 bits per heavy atom. The normalized spacial score (nSPS) is 10.4. The predicted molar refractivity (Wildman–Crippen MR) is 85.1 cm³/mol. The maximum absolute atomic E-state index is 11.9. The van der Waals surface area contributed by atoms with Gasteiger partial charge in [0.2, 0.25) is 5.91 Å². The lowest BCUT2D eigenvalue weighted by Crippen LogP contribution is -2.29. The number of carbonyl (C=O) groups is 1. The summed E-state index contributed by atoms with van der Waals surface area (Å²) in [5.41, 5.74) is 5.67. The largest absolute Gasteiger partial charge is 0.312 e. The molecule has 0 saturated heterocycles. The van der Waals surface area contributed by atoms with Gasteiger partial charge < -0.3 is 4.90 Å². The number of rotatable bonds is 3. The van der Waals surface area contributed by atoms with E-state index in [4.69, 9.17) is 0 Å². The summed E-state index contributed by atoms with van der Waals surface area (Å²) in [6.45, 7) is 8.49. The van der Waals surface area contributed by atoms with Crippen molar-refractivity contribution in [2.75, 3.05) is 11.4 Å². The molecule has 2 heteroatoms. The molecule has 0 bridgehead atoms. The highest BCUT2D eigenvalue weighted by Gasteiger charge is 2.18. The molecule has 0 N–H and O–H groups in total. The van der Waals surface area contributed by atoms with Crippen molar-refractivity contribution < 1.29 is 4.79 Å². The van der Waals surface area contributed by atoms with Gasteiger partial charge in [-0.15, -0.1) is 0 Å². The second-order valence-corrected chi connectivity index (χ2v) is 5.03. The third kappa shape index (κ3) is 2.60. The third-order valence-corrected chi connectivity index (χ3v) is 3.75. The van der Waals surface area contributed by atoms with Crippen LogP contribution in [0.25, 0.3) is 11.1 Å². The molecule has 0 fully saturated rings. The zero-order valence-corrected chi connectivity index (χ0v) is 12.6. The molecule has 0 aliphatic carbocycles. The number of aryl methyl sites for hydroxylation is 1. The van der Waals surface area contributed by atoms with E-state index in [1.807, 2.05) is 30.0 Å². The summed E-state index contributed by atoms with van der Waals surface area (Å²) in [5, 5.41) is 0. The van der Waals surface area contributed by atoms with Crippen molar-refractivity contribution in [1.29, 1.82) is 0 Å². The van der Waals surface area contributed by atoms with Crippen molar-refractivity contribution in [2.45, 2.75) is 27.7 Å². The Hall–Kier alpha value is -2.09. The van der Waals surface area contributed by atoms with Crippen LogP contribution < -0.4 is 4.90 Å². The van der Waals surface area contributed by atoms with Gasteiger partial charge in [0, 0.05) is 19.0 Å². The van der Waals surface area contributed by atoms with E-state index in [2.05, 4.69) is 38.1 Å². The average molecular weight is 267 g/mol. The van der Waals surface area contributed by atoms with E-state index in [0.29, 0.717) is 6.54 Å². The van der Waals surface area contributed by atoms with E-state index >= 15 is 0 Å². The van der Waals surface area contributed by atoms with Gasteiger partial charge in [-0.05, 0) is 37.5 Å². The van der Waals surface area contributed by atoms with Gasteiger partial charge in [-0.1, -0.05) is 42.5 Å².